The Hall–Kier alpha value is -2.14. The summed E-state index contributed by atoms with van der Waals surface area (Å²) in [5.41, 5.74) is 2.04. The van der Waals surface area contributed by atoms with Crippen LogP contribution in [0.15, 0.2) is 58.6 Å². The van der Waals surface area contributed by atoms with Crippen molar-refractivity contribution in [2.24, 2.45) is 5.16 Å². The molecule has 106 valence electrons. The molecule has 0 aliphatic carbocycles. The van der Waals surface area contributed by atoms with Crippen LogP contribution in [0.4, 0.5) is 4.39 Å². The Morgan fingerprint density at radius 2 is 1.90 bits per heavy atom. The number of carbonyl (C=O) groups is 1. The maximum Gasteiger partial charge on any atom is 0.365 e. The molecule has 5 heteroatoms. The maximum atomic E-state index is 12.8. The van der Waals surface area contributed by atoms with Gasteiger partial charge < -0.3 is 4.84 Å². The van der Waals surface area contributed by atoms with E-state index in [0.717, 1.165) is 28.3 Å². The van der Waals surface area contributed by atoms with Gasteiger partial charge >= 0.3 is 5.97 Å². The average molecular weight is 301 g/mol. The first-order valence-electron chi connectivity index (χ1n) is 6.50. The maximum absolute atomic E-state index is 12.8. The second-order valence-electron chi connectivity index (χ2n) is 4.52. The van der Waals surface area contributed by atoms with E-state index < -0.39 is 11.8 Å². The lowest BCUT2D eigenvalue weighted by molar-refractivity contribution is 0.0515. The van der Waals surface area contributed by atoms with Gasteiger partial charge in [0, 0.05) is 22.6 Å². The van der Waals surface area contributed by atoms with Crippen molar-refractivity contribution in [2.45, 2.75) is 11.3 Å². The fraction of sp³-hybridized carbons (Fsp3) is 0.125. The van der Waals surface area contributed by atoms with Crippen LogP contribution in [0, 0.1) is 5.82 Å². The normalized spacial score (nSPS) is 15.6. The molecule has 0 atom stereocenters. The van der Waals surface area contributed by atoms with E-state index >= 15 is 0 Å². The molecule has 0 aromatic heterocycles. The zero-order chi connectivity index (χ0) is 14.7. The number of carbonyl (C=O) groups excluding carboxylic acids is 1. The van der Waals surface area contributed by atoms with Gasteiger partial charge in [-0.1, -0.05) is 23.4 Å². The first-order chi connectivity index (χ1) is 10.2. The molecular formula is C16H12FNO2S. The van der Waals surface area contributed by atoms with Gasteiger partial charge in [0.05, 0.1) is 11.3 Å². The molecule has 0 saturated carbocycles. The van der Waals surface area contributed by atoms with Gasteiger partial charge in [-0.2, -0.15) is 0 Å². The molecule has 1 heterocycles. The van der Waals surface area contributed by atoms with Crippen LogP contribution >= 0.6 is 11.8 Å². The number of rotatable bonds is 2. The van der Waals surface area contributed by atoms with Crippen molar-refractivity contribution < 1.29 is 14.0 Å². The highest BCUT2D eigenvalue weighted by Gasteiger charge is 2.17. The second kappa shape index (κ2) is 6.10. The largest absolute Gasteiger partial charge is 0.365 e. The minimum atomic E-state index is -0.585. The summed E-state index contributed by atoms with van der Waals surface area (Å²) in [4.78, 5) is 18.0. The van der Waals surface area contributed by atoms with Crippen LogP contribution in [0.2, 0.25) is 0 Å². The molecule has 21 heavy (non-hydrogen) atoms. The molecule has 0 fully saturated rings. The Bertz CT molecular complexity index is 698. The lowest BCUT2D eigenvalue weighted by Gasteiger charge is -2.16. The van der Waals surface area contributed by atoms with E-state index in [9.17, 15) is 9.18 Å². The third-order valence-corrected chi connectivity index (χ3v) is 4.19. The third kappa shape index (κ3) is 3.13. The fourth-order valence-corrected chi connectivity index (χ4v) is 3.08. The van der Waals surface area contributed by atoms with Gasteiger partial charge in [0.25, 0.3) is 0 Å². The van der Waals surface area contributed by atoms with Crippen LogP contribution < -0.4 is 0 Å². The van der Waals surface area contributed by atoms with Crippen molar-refractivity contribution in [2.75, 3.05) is 5.75 Å². The molecule has 2 aromatic carbocycles. The molecule has 0 radical (unpaired) electrons. The standard InChI is InChI=1S/C16H12FNO2S/c17-12-7-5-11(6-8-12)16(19)20-18-14-9-10-21-15-4-2-1-3-13(14)15/h1-8H,9-10H2. The zero-order valence-electron chi connectivity index (χ0n) is 11.1. The van der Waals surface area contributed by atoms with Crippen LogP contribution in [0.5, 0.6) is 0 Å². The first kappa shape index (κ1) is 13.8. The van der Waals surface area contributed by atoms with E-state index in [1.807, 2.05) is 24.3 Å². The van der Waals surface area contributed by atoms with Crippen LogP contribution in [0.3, 0.4) is 0 Å². The lowest BCUT2D eigenvalue weighted by Crippen LogP contribution is -2.11. The molecule has 0 N–H and O–H groups in total. The summed E-state index contributed by atoms with van der Waals surface area (Å²) in [6.45, 7) is 0. The quantitative estimate of drug-likeness (QED) is 0.624. The van der Waals surface area contributed by atoms with Crippen LogP contribution in [-0.2, 0) is 4.84 Å². The Balaban J connectivity index is 1.78. The highest BCUT2D eigenvalue weighted by molar-refractivity contribution is 7.99. The van der Waals surface area contributed by atoms with Gasteiger partial charge in [-0.25, -0.2) is 9.18 Å². The second-order valence-corrected chi connectivity index (χ2v) is 5.65. The van der Waals surface area contributed by atoms with Gasteiger partial charge in [-0.3, -0.25) is 0 Å². The molecule has 1 aliphatic rings. The van der Waals surface area contributed by atoms with E-state index in [-0.39, 0.29) is 5.56 Å². The number of hydrogen-bond acceptors (Lipinski definition) is 4. The Kier molecular flexibility index (Phi) is 4.01. The Morgan fingerprint density at radius 1 is 1.14 bits per heavy atom. The molecule has 0 spiro atoms. The summed E-state index contributed by atoms with van der Waals surface area (Å²) >= 11 is 1.76. The number of hydrogen-bond donors (Lipinski definition) is 0. The summed E-state index contributed by atoms with van der Waals surface area (Å²) in [6, 6.07) is 13.1. The summed E-state index contributed by atoms with van der Waals surface area (Å²) in [5, 5.41) is 3.98. The lowest BCUT2D eigenvalue weighted by atomic mass is 10.1. The SMILES string of the molecule is O=C(ON=C1CCSc2ccccc21)c1ccc(F)cc1. The van der Waals surface area contributed by atoms with E-state index in [0.29, 0.717) is 0 Å². The van der Waals surface area contributed by atoms with Gasteiger partial charge in [0.2, 0.25) is 0 Å². The van der Waals surface area contributed by atoms with E-state index in [2.05, 4.69) is 5.16 Å². The summed E-state index contributed by atoms with van der Waals surface area (Å²) < 4.78 is 12.8. The molecule has 2 aromatic rings. The number of fused-ring (bicyclic) bond motifs is 1. The number of nitrogens with zero attached hydrogens (tertiary/aromatic N) is 1. The van der Waals surface area contributed by atoms with Crippen molar-refractivity contribution in [1.29, 1.82) is 0 Å². The highest BCUT2D eigenvalue weighted by atomic mass is 32.2. The number of thioether (sulfide) groups is 1. The highest BCUT2D eigenvalue weighted by Crippen LogP contribution is 2.30. The van der Waals surface area contributed by atoms with Crippen molar-refractivity contribution in [3.8, 4) is 0 Å². The van der Waals surface area contributed by atoms with E-state index in [1.54, 1.807) is 11.8 Å². The molecule has 0 bridgehead atoms. The minimum Gasteiger partial charge on any atom is -0.313 e. The van der Waals surface area contributed by atoms with Crippen molar-refractivity contribution in [1.82, 2.24) is 0 Å². The van der Waals surface area contributed by atoms with Gasteiger partial charge in [-0.15, -0.1) is 11.8 Å². The van der Waals surface area contributed by atoms with Crippen LogP contribution in [0.1, 0.15) is 22.3 Å². The summed E-state index contributed by atoms with van der Waals surface area (Å²) in [7, 11) is 0. The molecule has 1 aliphatic heterocycles. The van der Waals surface area contributed by atoms with Crippen molar-refractivity contribution in [3.05, 3.63) is 65.5 Å². The molecule has 3 rings (SSSR count). The Labute approximate surface area is 125 Å². The minimum absolute atomic E-state index is 0.277. The van der Waals surface area contributed by atoms with Gasteiger partial charge in [0.1, 0.15) is 5.82 Å². The average Bonchev–Trinajstić information content (AvgIpc) is 2.53. The Morgan fingerprint density at radius 3 is 2.71 bits per heavy atom. The molecule has 0 amide bonds. The monoisotopic (exact) mass is 301 g/mol. The van der Waals surface area contributed by atoms with Crippen LogP contribution in [-0.4, -0.2) is 17.4 Å². The van der Waals surface area contributed by atoms with Crippen molar-refractivity contribution >= 4 is 23.4 Å². The van der Waals surface area contributed by atoms with E-state index in [1.165, 1.54) is 24.3 Å². The van der Waals surface area contributed by atoms with E-state index in [4.69, 9.17) is 4.84 Å². The summed E-state index contributed by atoms with van der Waals surface area (Å²) in [5.74, 6) is -0.0708. The first-order valence-corrected chi connectivity index (χ1v) is 7.48. The van der Waals surface area contributed by atoms with Crippen LogP contribution in [0.25, 0.3) is 0 Å². The zero-order valence-corrected chi connectivity index (χ0v) is 11.9. The number of halogens is 1. The van der Waals surface area contributed by atoms with Gasteiger partial charge in [0.15, 0.2) is 0 Å². The molecule has 3 nitrogen and oxygen atoms in total. The summed E-state index contributed by atoms with van der Waals surface area (Å²) in [6.07, 6.45) is 0.748. The van der Waals surface area contributed by atoms with Crippen molar-refractivity contribution in [3.63, 3.8) is 0 Å². The van der Waals surface area contributed by atoms with Gasteiger partial charge in [-0.05, 0) is 30.3 Å². The smallest absolute Gasteiger partial charge is 0.313 e. The molecular weight excluding hydrogens is 289 g/mol. The topological polar surface area (TPSA) is 38.7 Å². The predicted octanol–water partition coefficient (Wildman–Crippen LogP) is 3.88. The number of benzene rings is 2. The predicted molar refractivity (Wildman–Crippen MR) is 80.1 cm³/mol. The number of oxime groups is 1. The fourth-order valence-electron chi connectivity index (χ4n) is 2.05. The molecule has 0 saturated heterocycles. The molecule has 0 unspecified atom stereocenters. The third-order valence-electron chi connectivity index (χ3n) is 3.11.